The molecule has 1 aliphatic heterocycles. The smallest absolute Gasteiger partial charge is 0.224 e. The third-order valence-electron chi connectivity index (χ3n) is 3.54. The van der Waals surface area contributed by atoms with E-state index in [-0.39, 0.29) is 12.0 Å². The Hall–Kier alpha value is -1.26. The lowest BCUT2D eigenvalue weighted by molar-refractivity contribution is -0.116. The molecule has 1 aromatic rings. The van der Waals surface area contributed by atoms with Crippen molar-refractivity contribution in [3.63, 3.8) is 0 Å². The van der Waals surface area contributed by atoms with Gasteiger partial charge < -0.3 is 15.4 Å². The third kappa shape index (κ3) is 4.90. The summed E-state index contributed by atoms with van der Waals surface area (Å²) in [6.07, 6.45) is 2.61. The number of hydrogen-bond acceptors (Lipinski definition) is 3. The first-order valence-corrected chi connectivity index (χ1v) is 7.90. The van der Waals surface area contributed by atoms with Crippen molar-refractivity contribution in [2.45, 2.75) is 39.2 Å². The molecule has 21 heavy (non-hydrogen) atoms. The average molecular weight is 311 g/mol. The predicted molar refractivity (Wildman–Crippen MR) is 86.1 cm³/mol. The summed E-state index contributed by atoms with van der Waals surface area (Å²) in [6, 6.07) is 5.39. The molecule has 1 saturated heterocycles. The monoisotopic (exact) mass is 310 g/mol. The zero-order chi connectivity index (χ0) is 15.2. The summed E-state index contributed by atoms with van der Waals surface area (Å²) in [7, 11) is 0. The van der Waals surface area contributed by atoms with E-state index < -0.39 is 0 Å². The lowest BCUT2D eigenvalue weighted by Crippen LogP contribution is -2.16. The van der Waals surface area contributed by atoms with Gasteiger partial charge in [-0.15, -0.1) is 0 Å². The van der Waals surface area contributed by atoms with Gasteiger partial charge >= 0.3 is 0 Å². The van der Waals surface area contributed by atoms with Gasteiger partial charge in [-0.3, -0.25) is 4.79 Å². The number of nitrogens with one attached hydrogen (secondary N) is 2. The van der Waals surface area contributed by atoms with Crippen molar-refractivity contribution < 1.29 is 9.53 Å². The van der Waals surface area contributed by atoms with Crippen LogP contribution in [0.5, 0.6) is 5.75 Å². The van der Waals surface area contributed by atoms with Crippen LogP contribution in [0.3, 0.4) is 0 Å². The van der Waals surface area contributed by atoms with Gasteiger partial charge in [-0.25, -0.2) is 0 Å². The number of para-hydroxylation sites is 1. The van der Waals surface area contributed by atoms with Crippen LogP contribution in [0.4, 0.5) is 5.69 Å². The number of halogens is 1. The van der Waals surface area contributed by atoms with Gasteiger partial charge in [0.1, 0.15) is 0 Å². The van der Waals surface area contributed by atoms with E-state index in [1.54, 1.807) is 6.07 Å². The maximum atomic E-state index is 12.1. The summed E-state index contributed by atoms with van der Waals surface area (Å²) in [5, 5.41) is 6.74. The van der Waals surface area contributed by atoms with E-state index in [4.69, 9.17) is 16.3 Å². The summed E-state index contributed by atoms with van der Waals surface area (Å²) in [6.45, 7) is 5.95. The summed E-state index contributed by atoms with van der Waals surface area (Å²) >= 11 is 6.15. The first kappa shape index (κ1) is 16.1. The molecule has 2 N–H and O–H groups in total. The molecule has 116 valence electrons. The van der Waals surface area contributed by atoms with Crippen LogP contribution in [0.1, 0.15) is 33.1 Å². The zero-order valence-electron chi connectivity index (χ0n) is 12.6. The third-order valence-corrected chi connectivity index (χ3v) is 3.83. The van der Waals surface area contributed by atoms with Gasteiger partial charge in [-0.2, -0.15) is 0 Å². The Bertz CT molecular complexity index is 485. The molecule has 1 fully saturated rings. The fourth-order valence-electron chi connectivity index (χ4n) is 2.47. The van der Waals surface area contributed by atoms with Crippen LogP contribution in [-0.4, -0.2) is 25.1 Å². The second-order valence-corrected chi connectivity index (χ2v) is 6.14. The fourth-order valence-corrected chi connectivity index (χ4v) is 2.69. The molecule has 2 rings (SSSR count). The second-order valence-electron chi connectivity index (χ2n) is 5.73. The lowest BCUT2D eigenvalue weighted by atomic mass is 10.0. The molecule has 1 unspecified atom stereocenters. The van der Waals surface area contributed by atoms with E-state index in [1.165, 1.54) is 0 Å². The number of carbonyl (C=O) groups excluding carboxylic acids is 1. The van der Waals surface area contributed by atoms with Gasteiger partial charge in [0.15, 0.2) is 5.75 Å². The molecule has 1 aliphatic rings. The predicted octanol–water partition coefficient (Wildman–Crippen LogP) is 3.46. The van der Waals surface area contributed by atoms with E-state index in [1.807, 2.05) is 26.0 Å². The van der Waals surface area contributed by atoms with Gasteiger partial charge in [0.05, 0.1) is 16.8 Å². The summed E-state index contributed by atoms with van der Waals surface area (Å²) in [5.41, 5.74) is 0.644. The molecular weight excluding hydrogens is 288 g/mol. The molecule has 0 spiro atoms. The molecule has 1 aromatic carbocycles. The van der Waals surface area contributed by atoms with Crippen LogP contribution < -0.4 is 15.4 Å². The average Bonchev–Trinajstić information content (AvgIpc) is 2.93. The maximum Gasteiger partial charge on any atom is 0.224 e. The molecule has 1 heterocycles. The molecule has 5 heteroatoms. The maximum absolute atomic E-state index is 12.1. The molecule has 0 aromatic heterocycles. The van der Waals surface area contributed by atoms with Crippen molar-refractivity contribution in [1.82, 2.24) is 5.32 Å². The van der Waals surface area contributed by atoms with Crippen molar-refractivity contribution in [2.24, 2.45) is 5.92 Å². The highest BCUT2D eigenvalue weighted by molar-refractivity contribution is 6.32. The quantitative estimate of drug-likeness (QED) is 0.846. The Balaban J connectivity index is 1.94. The Morgan fingerprint density at radius 3 is 3.00 bits per heavy atom. The molecule has 0 bridgehead atoms. The molecule has 1 atom stereocenters. The highest BCUT2D eigenvalue weighted by Gasteiger charge is 2.17. The second kappa shape index (κ2) is 7.66. The number of hydrogen-bond donors (Lipinski definition) is 2. The van der Waals surface area contributed by atoms with E-state index in [2.05, 4.69) is 10.6 Å². The van der Waals surface area contributed by atoms with Crippen molar-refractivity contribution in [3.05, 3.63) is 23.2 Å². The van der Waals surface area contributed by atoms with Crippen molar-refractivity contribution in [3.8, 4) is 5.75 Å². The van der Waals surface area contributed by atoms with Crippen LogP contribution in [0.25, 0.3) is 0 Å². The largest absolute Gasteiger partial charge is 0.487 e. The van der Waals surface area contributed by atoms with E-state index in [0.29, 0.717) is 28.8 Å². The number of amides is 1. The first-order chi connectivity index (χ1) is 10.1. The van der Waals surface area contributed by atoms with Crippen LogP contribution in [0.15, 0.2) is 18.2 Å². The molecule has 0 saturated carbocycles. The summed E-state index contributed by atoms with van der Waals surface area (Å²) in [5.74, 6) is 1.17. The minimum absolute atomic E-state index is 0.00474. The standard InChI is InChI=1S/C16H23ClN2O2/c1-11(2)21-16-13(17)4-3-5-14(16)19-15(20)7-6-12-8-9-18-10-12/h3-5,11-12,18H,6-10H2,1-2H3,(H,19,20). The number of carbonyl (C=O) groups is 1. The van der Waals surface area contributed by atoms with Crippen LogP contribution in [0, 0.1) is 5.92 Å². The van der Waals surface area contributed by atoms with Crippen molar-refractivity contribution in [2.75, 3.05) is 18.4 Å². The highest BCUT2D eigenvalue weighted by Crippen LogP contribution is 2.33. The summed E-state index contributed by atoms with van der Waals surface area (Å²) < 4.78 is 5.70. The van der Waals surface area contributed by atoms with Crippen LogP contribution in [0.2, 0.25) is 5.02 Å². The van der Waals surface area contributed by atoms with Crippen molar-refractivity contribution in [1.29, 1.82) is 0 Å². The Morgan fingerprint density at radius 2 is 2.33 bits per heavy atom. The van der Waals surface area contributed by atoms with Crippen molar-refractivity contribution >= 4 is 23.2 Å². The van der Waals surface area contributed by atoms with Gasteiger partial charge in [0, 0.05) is 6.42 Å². The number of benzene rings is 1. The molecule has 0 radical (unpaired) electrons. The Kier molecular flexibility index (Phi) is 5.88. The number of anilines is 1. The van der Waals surface area contributed by atoms with E-state index in [9.17, 15) is 4.79 Å². The SMILES string of the molecule is CC(C)Oc1c(Cl)cccc1NC(=O)CCC1CCNC1. The van der Waals surface area contributed by atoms with Crippen LogP contribution in [-0.2, 0) is 4.79 Å². The minimum Gasteiger partial charge on any atom is -0.487 e. The van der Waals surface area contributed by atoms with E-state index in [0.717, 1.165) is 25.9 Å². The molecule has 1 amide bonds. The van der Waals surface area contributed by atoms with Gasteiger partial charge in [0.25, 0.3) is 0 Å². The zero-order valence-corrected chi connectivity index (χ0v) is 13.4. The Labute approximate surface area is 131 Å². The topological polar surface area (TPSA) is 50.4 Å². The number of ether oxygens (including phenoxy) is 1. The van der Waals surface area contributed by atoms with Crippen LogP contribution >= 0.6 is 11.6 Å². The van der Waals surface area contributed by atoms with Gasteiger partial charge in [0.2, 0.25) is 5.91 Å². The van der Waals surface area contributed by atoms with Gasteiger partial charge in [-0.1, -0.05) is 17.7 Å². The van der Waals surface area contributed by atoms with E-state index >= 15 is 0 Å². The van der Waals surface area contributed by atoms with Gasteiger partial charge in [-0.05, 0) is 57.8 Å². The Morgan fingerprint density at radius 1 is 1.52 bits per heavy atom. The fraction of sp³-hybridized carbons (Fsp3) is 0.562. The first-order valence-electron chi connectivity index (χ1n) is 7.52. The highest BCUT2D eigenvalue weighted by atomic mass is 35.5. The molecule has 4 nitrogen and oxygen atoms in total. The number of rotatable bonds is 6. The lowest BCUT2D eigenvalue weighted by Gasteiger charge is -2.16. The molecular formula is C16H23ClN2O2. The normalized spacial score (nSPS) is 18.0. The summed E-state index contributed by atoms with van der Waals surface area (Å²) in [4.78, 5) is 12.1. The minimum atomic E-state index is 0.00474. The molecule has 0 aliphatic carbocycles.